The molecule has 2 aromatic carbocycles. The smallest absolute Gasteiger partial charge is 0.220 e. The number of ether oxygens (including phenoxy) is 1. The molecule has 0 aliphatic carbocycles. The van der Waals surface area contributed by atoms with Crippen LogP contribution < -0.4 is 10.1 Å². The van der Waals surface area contributed by atoms with Crippen LogP contribution in [0.1, 0.15) is 24.1 Å². The normalized spacial score (nSPS) is 10.7. The molecule has 1 N–H and O–H groups in total. The first kappa shape index (κ1) is 20.8. The number of amides is 1. The van der Waals surface area contributed by atoms with Crippen molar-refractivity contribution in [3.8, 4) is 16.3 Å². The highest BCUT2D eigenvalue weighted by Crippen LogP contribution is 2.28. The maximum atomic E-state index is 12.1. The van der Waals surface area contributed by atoms with E-state index < -0.39 is 0 Å². The summed E-state index contributed by atoms with van der Waals surface area (Å²) in [5, 5.41) is 6.53. The van der Waals surface area contributed by atoms with Crippen LogP contribution in [0.15, 0.2) is 52.3 Å². The van der Waals surface area contributed by atoms with Crippen LogP contribution in [0, 0.1) is 6.92 Å². The zero-order valence-electron chi connectivity index (χ0n) is 15.4. The molecule has 0 radical (unpaired) electrons. The van der Waals surface area contributed by atoms with Crippen LogP contribution in [0.4, 0.5) is 0 Å². The van der Waals surface area contributed by atoms with Crippen molar-refractivity contribution in [3.05, 3.63) is 68.6 Å². The standard InChI is InChI=1S/C21H20BrClN2O2S/c1-14-5-2-3-6-17(14)21-25-16(13-28-21)12-24-20(26)7-4-10-27-19-9-8-15(23)11-18(19)22/h2-3,5-6,8-9,11,13H,4,7,10,12H2,1H3,(H,24,26). The molecule has 0 aliphatic rings. The number of hydrogen-bond donors (Lipinski definition) is 1. The Morgan fingerprint density at radius 2 is 2.11 bits per heavy atom. The lowest BCUT2D eigenvalue weighted by Crippen LogP contribution is -2.23. The van der Waals surface area contributed by atoms with Gasteiger partial charge in [-0.25, -0.2) is 4.98 Å². The first-order valence-corrected chi connectivity index (χ1v) is 10.9. The third-order valence-corrected chi connectivity index (χ3v) is 5.87. The molecule has 3 aromatic rings. The van der Waals surface area contributed by atoms with Gasteiger partial charge in [0.25, 0.3) is 0 Å². The quantitative estimate of drug-likeness (QED) is 0.403. The van der Waals surface area contributed by atoms with Crippen molar-refractivity contribution in [1.82, 2.24) is 10.3 Å². The van der Waals surface area contributed by atoms with E-state index in [1.807, 2.05) is 17.5 Å². The van der Waals surface area contributed by atoms with Gasteiger partial charge in [0.05, 0.1) is 23.3 Å². The molecule has 0 saturated heterocycles. The molecule has 0 saturated carbocycles. The molecule has 0 aliphatic heterocycles. The van der Waals surface area contributed by atoms with Crippen LogP contribution >= 0.6 is 38.9 Å². The van der Waals surface area contributed by atoms with Crippen molar-refractivity contribution in [2.24, 2.45) is 0 Å². The highest BCUT2D eigenvalue weighted by molar-refractivity contribution is 9.10. The van der Waals surface area contributed by atoms with Gasteiger partial charge in [-0.2, -0.15) is 0 Å². The first-order chi connectivity index (χ1) is 13.5. The van der Waals surface area contributed by atoms with E-state index in [9.17, 15) is 4.79 Å². The number of nitrogens with one attached hydrogen (secondary N) is 1. The van der Waals surface area contributed by atoms with Gasteiger partial charge in [0.2, 0.25) is 5.91 Å². The Morgan fingerprint density at radius 1 is 1.29 bits per heavy atom. The minimum absolute atomic E-state index is 0.00999. The summed E-state index contributed by atoms with van der Waals surface area (Å²) < 4.78 is 6.48. The lowest BCUT2D eigenvalue weighted by molar-refractivity contribution is -0.121. The lowest BCUT2D eigenvalue weighted by atomic mass is 10.1. The number of hydrogen-bond acceptors (Lipinski definition) is 4. The van der Waals surface area contributed by atoms with Gasteiger partial charge >= 0.3 is 0 Å². The number of halogens is 2. The fourth-order valence-corrected chi connectivity index (χ4v) is 4.32. The van der Waals surface area contributed by atoms with E-state index in [1.54, 1.807) is 29.5 Å². The predicted octanol–water partition coefficient (Wildman–Crippen LogP) is 6.01. The third kappa shape index (κ3) is 5.80. The molecule has 0 spiro atoms. The van der Waals surface area contributed by atoms with Crippen LogP contribution in [0.3, 0.4) is 0 Å². The average molecular weight is 480 g/mol. The number of carbonyl (C=O) groups is 1. The maximum Gasteiger partial charge on any atom is 0.220 e. The van der Waals surface area contributed by atoms with Crippen LogP contribution in [0.5, 0.6) is 5.75 Å². The molecule has 1 heterocycles. The minimum Gasteiger partial charge on any atom is -0.492 e. The van der Waals surface area contributed by atoms with Crippen molar-refractivity contribution in [2.45, 2.75) is 26.3 Å². The average Bonchev–Trinajstić information content (AvgIpc) is 3.14. The molecule has 4 nitrogen and oxygen atoms in total. The van der Waals surface area contributed by atoms with Crippen molar-refractivity contribution in [3.63, 3.8) is 0 Å². The van der Waals surface area contributed by atoms with E-state index in [2.05, 4.69) is 45.3 Å². The zero-order chi connectivity index (χ0) is 19.9. The minimum atomic E-state index is -0.00999. The Bertz CT molecular complexity index is 961. The first-order valence-electron chi connectivity index (χ1n) is 8.88. The highest BCUT2D eigenvalue weighted by atomic mass is 79.9. The summed E-state index contributed by atoms with van der Waals surface area (Å²) in [5.74, 6) is 0.709. The molecular formula is C21H20BrClN2O2S. The predicted molar refractivity (Wildman–Crippen MR) is 118 cm³/mol. The number of aromatic nitrogens is 1. The monoisotopic (exact) mass is 478 g/mol. The second-order valence-corrected chi connectivity index (χ2v) is 8.41. The van der Waals surface area contributed by atoms with E-state index >= 15 is 0 Å². The molecule has 0 bridgehead atoms. The van der Waals surface area contributed by atoms with Gasteiger partial charge in [0.15, 0.2) is 0 Å². The van der Waals surface area contributed by atoms with Crippen molar-refractivity contribution >= 4 is 44.8 Å². The second-order valence-electron chi connectivity index (χ2n) is 6.26. The summed E-state index contributed by atoms with van der Waals surface area (Å²) in [7, 11) is 0. The van der Waals surface area contributed by atoms with Crippen LogP contribution in [-0.2, 0) is 11.3 Å². The SMILES string of the molecule is Cc1ccccc1-c1nc(CNC(=O)CCCOc2ccc(Cl)cc2Br)cs1. The Kier molecular flexibility index (Phi) is 7.48. The molecule has 146 valence electrons. The Hall–Kier alpha value is -1.89. The highest BCUT2D eigenvalue weighted by Gasteiger charge is 2.09. The molecule has 1 aromatic heterocycles. The van der Waals surface area contributed by atoms with Gasteiger partial charge in [0.1, 0.15) is 10.8 Å². The summed E-state index contributed by atoms with van der Waals surface area (Å²) >= 11 is 10.9. The van der Waals surface area contributed by atoms with Gasteiger partial charge in [-0.1, -0.05) is 35.9 Å². The molecule has 0 atom stereocenters. The molecule has 28 heavy (non-hydrogen) atoms. The molecule has 0 fully saturated rings. The number of carbonyl (C=O) groups excluding carboxylic acids is 1. The van der Waals surface area contributed by atoms with Gasteiger partial charge in [-0.3, -0.25) is 4.79 Å². The summed E-state index contributed by atoms with van der Waals surface area (Å²) in [6.07, 6.45) is 1.03. The van der Waals surface area contributed by atoms with Crippen LogP contribution in [0.25, 0.3) is 10.6 Å². The van der Waals surface area contributed by atoms with Gasteiger partial charge in [-0.15, -0.1) is 11.3 Å². The molecule has 7 heteroatoms. The summed E-state index contributed by atoms with van der Waals surface area (Å²) in [6.45, 7) is 2.97. The maximum absolute atomic E-state index is 12.1. The number of nitrogens with zero attached hydrogens (tertiary/aromatic N) is 1. The molecule has 3 rings (SSSR count). The number of benzene rings is 2. The van der Waals surface area contributed by atoms with Crippen molar-refractivity contribution < 1.29 is 9.53 Å². The van der Waals surface area contributed by atoms with E-state index in [0.29, 0.717) is 31.0 Å². The van der Waals surface area contributed by atoms with Gasteiger partial charge < -0.3 is 10.1 Å². The van der Waals surface area contributed by atoms with Crippen LogP contribution in [-0.4, -0.2) is 17.5 Å². The molecule has 0 unspecified atom stereocenters. The van der Waals surface area contributed by atoms with Crippen molar-refractivity contribution in [1.29, 1.82) is 0 Å². The fraction of sp³-hybridized carbons (Fsp3) is 0.238. The topological polar surface area (TPSA) is 51.2 Å². The Balaban J connectivity index is 1.41. The lowest BCUT2D eigenvalue weighted by Gasteiger charge is -2.08. The summed E-state index contributed by atoms with van der Waals surface area (Å²) in [6, 6.07) is 13.5. The number of rotatable bonds is 8. The summed E-state index contributed by atoms with van der Waals surface area (Å²) in [4.78, 5) is 16.7. The van der Waals surface area contributed by atoms with E-state index in [1.165, 1.54) is 5.56 Å². The second kappa shape index (κ2) is 10.0. The largest absolute Gasteiger partial charge is 0.492 e. The zero-order valence-corrected chi connectivity index (χ0v) is 18.5. The Labute approximate surface area is 182 Å². The van der Waals surface area contributed by atoms with E-state index in [-0.39, 0.29) is 5.91 Å². The number of aryl methyl sites for hydroxylation is 1. The van der Waals surface area contributed by atoms with E-state index in [0.717, 1.165) is 26.5 Å². The fourth-order valence-electron chi connectivity index (χ4n) is 2.61. The Morgan fingerprint density at radius 3 is 2.89 bits per heavy atom. The summed E-state index contributed by atoms with van der Waals surface area (Å²) in [5.41, 5.74) is 3.20. The molecular weight excluding hydrogens is 460 g/mol. The van der Waals surface area contributed by atoms with Crippen molar-refractivity contribution in [2.75, 3.05) is 6.61 Å². The molecule has 1 amide bonds. The van der Waals surface area contributed by atoms with Gasteiger partial charge in [0, 0.05) is 22.4 Å². The van der Waals surface area contributed by atoms with Crippen LogP contribution in [0.2, 0.25) is 5.02 Å². The number of thiazole rings is 1. The van der Waals surface area contributed by atoms with Gasteiger partial charge in [-0.05, 0) is 53.0 Å². The van der Waals surface area contributed by atoms with E-state index in [4.69, 9.17) is 16.3 Å². The third-order valence-electron chi connectivity index (χ3n) is 4.09.